The summed E-state index contributed by atoms with van der Waals surface area (Å²) in [5.41, 5.74) is 11.9. The monoisotopic (exact) mass is 561 g/mol. The molecule has 2 aromatic heterocycles. The first-order valence-corrected chi connectivity index (χ1v) is 13.1. The van der Waals surface area contributed by atoms with Crippen LogP contribution in [0.5, 0.6) is 11.5 Å². The van der Waals surface area contributed by atoms with E-state index in [0.717, 1.165) is 5.56 Å². The fourth-order valence-corrected chi connectivity index (χ4v) is 4.27. The largest absolute Gasteiger partial charge is 0.490 e. The van der Waals surface area contributed by atoms with Crippen LogP contribution in [0.1, 0.15) is 39.8 Å². The number of nitrogen functional groups attached to an aromatic ring is 1. The predicted molar refractivity (Wildman–Crippen MR) is 148 cm³/mol. The number of nitrogens with zero attached hydrogens (tertiary/aromatic N) is 7. The van der Waals surface area contributed by atoms with E-state index in [2.05, 4.69) is 42.1 Å². The van der Waals surface area contributed by atoms with Gasteiger partial charge in [0.25, 0.3) is 5.91 Å². The van der Waals surface area contributed by atoms with Crippen molar-refractivity contribution in [3.8, 4) is 17.3 Å². The van der Waals surface area contributed by atoms with E-state index in [4.69, 9.17) is 24.6 Å². The molecule has 1 fully saturated rings. The third-order valence-electron chi connectivity index (χ3n) is 6.28. The second-order valence-electron chi connectivity index (χ2n) is 9.27. The van der Waals surface area contributed by atoms with Crippen LogP contribution in [0.15, 0.2) is 52.2 Å². The third kappa shape index (κ3) is 6.85. The fourth-order valence-electron chi connectivity index (χ4n) is 4.27. The van der Waals surface area contributed by atoms with Gasteiger partial charge < -0.3 is 19.9 Å². The Hall–Kier alpha value is -4.82. The maximum absolute atomic E-state index is 13.1. The molecule has 0 atom stereocenters. The normalized spacial score (nSPS) is 13.9. The zero-order chi connectivity index (χ0) is 28.6. The van der Waals surface area contributed by atoms with Crippen molar-refractivity contribution in [3.05, 3.63) is 70.5 Å². The molecule has 5 rings (SSSR count). The zero-order valence-electron chi connectivity index (χ0n) is 22.8. The number of hydrogen-bond acceptors (Lipinski definition) is 12. The van der Waals surface area contributed by atoms with Crippen molar-refractivity contribution < 1.29 is 23.6 Å². The minimum Gasteiger partial charge on any atom is -0.490 e. The highest BCUT2D eigenvalue weighted by Gasteiger charge is 2.26. The summed E-state index contributed by atoms with van der Waals surface area (Å²) >= 11 is 0. The maximum atomic E-state index is 13.1. The highest BCUT2D eigenvalue weighted by Crippen LogP contribution is 2.29. The number of morpholine rings is 1. The van der Waals surface area contributed by atoms with Crippen molar-refractivity contribution in [3.63, 3.8) is 0 Å². The van der Waals surface area contributed by atoms with Gasteiger partial charge >= 0.3 is 0 Å². The van der Waals surface area contributed by atoms with Crippen molar-refractivity contribution >= 4 is 17.9 Å². The molecule has 0 saturated carbocycles. The number of hydrogen-bond donors (Lipinski definition) is 2. The number of benzene rings is 2. The van der Waals surface area contributed by atoms with Gasteiger partial charge in [-0.1, -0.05) is 35.0 Å². The Morgan fingerprint density at radius 1 is 1.15 bits per heavy atom. The van der Waals surface area contributed by atoms with E-state index in [-0.39, 0.29) is 17.3 Å². The van der Waals surface area contributed by atoms with E-state index >= 15 is 0 Å². The van der Waals surface area contributed by atoms with Crippen molar-refractivity contribution in [2.45, 2.75) is 27.0 Å². The number of anilines is 1. The summed E-state index contributed by atoms with van der Waals surface area (Å²) in [6, 6.07) is 13.6. The molecule has 0 unspecified atom stereocenters. The van der Waals surface area contributed by atoms with Crippen molar-refractivity contribution in [1.82, 2.24) is 35.6 Å². The molecule has 14 heteroatoms. The fraction of sp³-hybridized carbons (Fsp3) is 0.333. The predicted octanol–water partition coefficient (Wildman–Crippen LogP) is 2.11. The average molecular weight is 562 g/mol. The van der Waals surface area contributed by atoms with Gasteiger partial charge in [-0.15, -0.1) is 5.10 Å². The van der Waals surface area contributed by atoms with Crippen LogP contribution in [0, 0.1) is 6.92 Å². The summed E-state index contributed by atoms with van der Waals surface area (Å²) in [7, 11) is 0. The van der Waals surface area contributed by atoms with E-state index in [1.807, 2.05) is 44.2 Å². The lowest BCUT2D eigenvalue weighted by atomic mass is 10.1. The number of aromatic nitrogens is 5. The second kappa shape index (κ2) is 13.0. The standard InChI is InChI=1S/C27H31N9O5/c1-3-39-23-14-19(7-8-22(23)40-17-20-6-4-5-18(2)13-20)15-29-31-27(37)24-21(16-35-9-11-38-12-10-35)36(34-30-24)26-25(28)32-41-33-26/h4-8,13-15H,3,9-12,16-17H2,1-2H3,(H2,28,32)(H,31,37)/b29-15-. The smallest absolute Gasteiger partial charge is 0.293 e. The number of rotatable bonds is 11. The molecule has 4 aromatic rings. The number of nitrogens with two attached hydrogens (primary N) is 1. The number of nitrogens with one attached hydrogen (secondary N) is 1. The van der Waals surface area contributed by atoms with Gasteiger partial charge in [0.15, 0.2) is 17.2 Å². The third-order valence-corrected chi connectivity index (χ3v) is 6.28. The molecule has 2 aromatic carbocycles. The molecule has 14 nitrogen and oxygen atoms in total. The molecule has 1 amide bonds. The lowest BCUT2D eigenvalue weighted by molar-refractivity contribution is 0.0332. The Labute approximate surface area is 236 Å². The lowest BCUT2D eigenvalue weighted by Gasteiger charge is -2.26. The number of ether oxygens (including phenoxy) is 3. The van der Waals surface area contributed by atoms with E-state index in [9.17, 15) is 4.79 Å². The summed E-state index contributed by atoms with van der Waals surface area (Å²) in [5, 5.41) is 19.7. The van der Waals surface area contributed by atoms with Crippen LogP contribution >= 0.6 is 0 Å². The lowest BCUT2D eigenvalue weighted by Crippen LogP contribution is -2.37. The van der Waals surface area contributed by atoms with E-state index in [1.54, 1.807) is 6.07 Å². The molecular weight excluding hydrogens is 530 g/mol. The van der Waals surface area contributed by atoms with Crippen LogP contribution in [0.3, 0.4) is 0 Å². The highest BCUT2D eigenvalue weighted by atomic mass is 16.6. The van der Waals surface area contributed by atoms with Crippen LogP contribution < -0.4 is 20.6 Å². The van der Waals surface area contributed by atoms with Crippen LogP contribution in [0.4, 0.5) is 5.82 Å². The first-order valence-electron chi connectivity index (χ1n) is 13.1. The molecule has 0 bridgehead atoms. The van der Waals surface area contributed by atoms with Crippen molar-refractivity contribution in [2.24, 2.45) is 5.10 Å². The van der Waals surface area contributed by atoms with Gasteiger partial charge in [-0.3, -0.25) is 9.69 Å². The Balaban J connectivity index is 1.29. The summed E-state index contributed by atoms with van der Waals surface area (Å²) in [6.07, 6.45) is 1.51. The van der Waals surface area contributed by atoms with Gasteiger partial charge in [0.05, 0.1) is 31.7 Å². The zero-order valence-corrected chi connectivity index (χ0v) is 22.8. The number of hydrazone groups is 1. The molecule has 214 valence electrons. The first kappa shape index (κ1) is 27.7. The molecule has 0 aliphatic carbocycles. The van der Waals surface area contributed by atoms with Gasteiger partial charge in [-0.25, -0.2) is 10.1 Å². The molecule has 1 aliphatic rings. The summed E-state index contributed by atoms with van der Waals surface area (Å²) in [4.78, 5) is 15.2. The highest BCUT2D eigenvalue weighted by molar-refractivity contribution is 5.94. The Morgan fingerprint density at radius 3 is 2.76 bits per heavy atom. The molecule has 41 heavy (non-hydrogen) atoms. The van der Waals surface area contributed by atoms with Crippen molar-refractivity contribution in [1.29, 1.82) is 0 Å². The van der Waals surface area contributed by atoms with Crippen LogP contribution in [-0.2, 0) is 17.9 Å². The van der Waals surface area contributed by atoms with Gasteiger partial charge in [0.1, 0.15) is 6.61 Å². The van der Waals surface area contributed by atoms with Crippen molar-refractivity contribution in [2.75, 3.05) is 38.6 Å². The average Bonchev–Trinajstić information content (AvgIpc) is 3.59. The van der Waals surface area contributed by atoms with E-state index < -0.39 is 5.91 Å². The molecule has 3 N–H and O–H groups in total. The van der Waals surface area contributed by atoms with Gasteiger partial charge in [0.2, 0.25) is 11.6 Å². The molecule has 1 aliphatic heterocycles. The van der Waals surface area contributed by atoms with Crippen LogP contribution in [-0.4, -0.2) is 75.2 Å². The number of carbonyl (C=O) groups is 1. The minimum absolute atomic E-state index is 0.0273. The van der Waals surface area contributed by atoms with Crippen LogP contribution in [0.2, 0.25) is 0 Å². The first-order chi connectivity index (χ1) is 20.0. The van der Waals surface area contributed by atoms with Crippen LogP contribution in [0.25, 0.3) is 5.82 Å². The van der Waals surface area contributed by atoms with Gasteiger partial charge in [-0.2, -0.15) is 9.78 Å². The summed E-state index contributed by atoms with van der Waals surface area (Å²) in [6.45, 7) is 7.71. The second-order valence-corrected chi connectivity index (χ2v) is 9.27. The number of aryl methyl sites for hydroxylation is 1. The molecule has 1 saturated heterocycles. The Bertz CT molecular complexity index is 1510. The quantitative estimate of drug-likeness (QED) is 0.203. The number of amides is 1. The topological polar surface area (TPSA) is 168 Å². The maximum Gasteiger partial charge on any atom is 0.293 e. The summed E-state index contributed by atoms with van der Waals surface area (Å²) in [5.74, 6) is 0.815. The minimum atomic E-state index is -0.547. The van der Waals surface area contributed by atoms with E-state index in [1.165, 1.54) is 16.5 Å². The SMILES string of the molecule is CCOc1cc(/C=N\NC(=O)c2nnn(-c3nonc3N)c2CN2CCOCC2)ccc1OCc1cccc(C)c1. The molecule has 0 radical (unpaired) electrons. The molecule has 3 heterocycles. The number of carbonyl (C=O) groups excluding carboxylic acids is 1. The summed E-state index contributed by atoms with van der Waals surface area (Å²) < 4.78 is 23.3. The Morgan fingerprint density at radius 2 is 2.00 bits per heavy atom. The van der Waals surface area contributed by atoms with Gasteiger partial charge in [-0.05, 0) is 53.5 Å². The molecular formula is C27H31N9O5. The van der Waals surface area contributed by atoms with Gasteiger partial charge in [0, 0.05) is 19.6 Å². The van der Waals surface area contributed by atoms with E-state index in [0.29, 0.717) is 68.8 Å². The Kier molecular flexibility index (Phi) is 8.81. The molecule has 0 spiro atoms.